The normalized spacial score (nSPS) is 10.9. The van der Waals surface area contributed by atoms with Crippen molar-refractivity contribution in [2.75, 3.05) is 40.3 Å². The van der Waals surface area contributed by atoms with Gasteiger partial charge >= 0.3 is 12.0 Å². The van der Waals surface area contributed by atoms with Crippen molar-refractivity contribution in [2.45, 2.75) is 39.7 Å². The highest BCUT2D eigenvalue weighted by molar-refractivity contribution is 5.75. The first-order chi connectivity index (χ1) is 9.29. The average Bonchev–Trinajstić information content (AvgIpc) is 2.33. The van der Waals surface area contributed by atoms with Crippen LogP contribution in [0.5, 0.6) is 0 Å². The number of amides is 2. The first kappa shape index (κ1) is 18.7. The van der Waals surface area contributed by atoms with Crippen molar-refractivity contribution in [1.82, 2.24) is 14.7 Å². The van der Waals surface area contributed by atoms with Crippen LogP contribution in [-0.4, -0.2) is 78.1 Å². The second kappa shape index (κ2) is 9.58. The van der Waals surface area contributed by atoms with E-state index in [-0.39, 0.29) is 25.0 Å². The van der Waals surface area contributed by atoms with Crippen molar-refractivity contribution in [3.63, 3.8) is 0 Å². The van der Waals surface area contributed by atoms with E-state index in [0.717, 1.165) is 13.0 Å². The zero-order chi connectivity index (χ0) is 15.7. The number of aliphatic carboxylic acids is 1. The smallest absolute Gasteiger partial charge is 0.320 e. The van der Waals surface area contributed by atoms with Crippen LogP contribution in [0.2, 0.25) is 0 Å². The lowest BCUT2D eigenvalue weighted by Gasteiger charge is -2.32. The minimum atomic E-state index is -0.876. The van der Waals surface area contributed by atoms with Gasteiger partial charge in [0.1, 0.15) is 0 Å². The van der Waals surface area contributed by atoms with E-state index < -0.39 is 5.97 Å². The average molecular weight is 287 g/mol. The fraction of sp³-hybridized carbons (Fsp3) is 0.857. The molecule has 20 heavy (non-hydrogen) atoms. The van der Waals surface area contributed by atoms with E-state index in [1.165, 1.54) is 0 Å². The largest absolute Gasteiger partial charge is 0.481 e. The summed E-state index contributed by atoms with van der Waals surface area (Å²) >= 11 is 0. The Kier molecular flexibility index (Phi) is 8.96. The van der Waals surface area contributed by atoms with Crippen LogP contribution >= 0.6 is 0 Å². The van der Waals surface area contributed by atoms with Gasteiger partial charge in [0.05, 0.1) is 6.42 Å². The minimum absolute atomic E-state index is 0.00440. The topological polar surface area (TPSA) is 64.1 Å². The van der Waals surface area contributed by atoms with Gasteiger partial charge in [-0.25, -0.2) is 4.79 Å². The third kappa shape index (κ3) is 7.33. The molecule has 0 aromatic heterocycles. The molecule has 0 saturated heterocycles. The van der Waals surface area contributed by atoms with Gasteiger partial charge in [-0.1, -0.05) is 0 Å². The highest BCUT2D eigenvalue weighted by Gasteiger charge is 2.22. The van der Waals surface area contributed by atoms with Crippen LogP contribution in [0.3, 0.4) is 0 Å². The van der Waals surface area contributed by atoms with E-state index in [1.807, 2.05) is 34.9 Å². The Morgan fingerprint density at radius 1 is 1.10 bits per heavy atom. The maximum Gasteiger partial charge on any atom is 0.320 e. The fourth-order valence-electron chi connectivity index (χ4n) is 1.94. The van der Waals surface area contributed by atoms with Crippen LogP contribution < -0.4 is 0 Å². The number of rotatable bonds is 9. The molecular formula is C14H29N3O3. The van der Waals surface area contributed by atoms with Gasteiger partial charge < -0.3 is 19.8 Å². The predicted molar refractivity (Wildman–Crippen MR) is 79.9 cm³/mol. The summed E-state index contributed by atoms with van der Waals surface area (Å²) in [5.74, 6) is -0.876. The molecule has 0 rings (SSSR count). The van der Waals surface area contributed by atoms with Gasteiger partial charge in [0.25, 0.3) is 0 Å². The van der Waals surface area contributed by atoms with Crippen molar-refractivity contribution in [2.24, 2.45) is 0 Å². The maximum atomic E-state index is 12.4. The number of nitrogens with zero attached hydrogens (tertiary/aromatic N) is 3. The monoisotopic (exact) mass is 287 g/mol. The number of carbonyl (C=O) groups is 2. The molecule has 0 aromatic rings. The number of hydrogen-bond acceptors (Lipinski definition) is 3. The van der Waals surface area contributed by atoms with Gasteiger partial charge in [0, 0.05) is 25.7 Å². The molecule has 0 unspecified atom stereocenters. The lowest BCUT2D eigenvalue weighted by Crippen LogP contribution is -2.47. The molecule has 0 aliphatic heterocycles. The summed E-state index contributed by atoms with van der Waals surface area (Å²) in [4.78, 5) is 28.6. The number of carboxylic acid groups (broad SMARTS) is 1. The van der Waals surface area contributed by atoms with Gasteiger partial charge in [0.15, 0.2) is 0 Å². The molecule has 0 radical (unpaired) electrons. The molecule has 0 spiro atoms. The van der Waals surface area contributed by atoms with E-state index in [0.29, 0.717) is 13.1 Å². The molecule has 0 bridgehead atoms. The van der Waals surface area contributed by atoms with Crippen LogP contribution in [-0.2, 0) is 4.79 Å². The molecule has 0 aliphatic carbocycles. The third-order valence-electron chi connectivity index (χ3n) is 3.12. The molecule has 2 amide bonds. The Bertz CT molecular complexity index is 306. The van der Waals surface area contributed by atoms with E-state index in [9.17, 15) is 9.59 Å². The van der Waals surface area contributed by atoms with Crippen LogP contribution in [0.25, 0.3) is 0 Å². The zero-order valence-electron chi connectivity index (χ0n) is 13.4. The van der Waals surface area contributed by atoms with Crippen molar-refractivity contribution in [3.8, 4) is 0 Å². The van der Waals surface area contributed by atoms with Crippen LogP contribution in [0.4, 0.5) is 4.79 Å². The lowest BCUT2D eigenvalue weighted by atomic mass is 10.3. The number of carboxylic acids is 1. The van der Waals surface area contributed by atoms with Crippen LogP contribution in [0.15, 0.2) is 0 Å². The Morgan fingerprint density at radius 3 is 2.10 bits per heavy atom. The summed E-state index contributed by atoms with van der Waals surface area (Å²) in [5.41, 5.74) is 0. The number of carbonyl (C=O) groups excluding carboxylic acids is 1. The zero-order valence-corrected chi connectivity index (χ0v) is 13.4. The van der Waals surface area contributed by atoms with Gasteiger partial charge in [-0.15, -0.1) is 0 Å². The van der Waals surface area contributed by atoms with Gasteiger partial charge in [-0.2, -0.15) is 0 Å². The molecular weight excluding hydrogens is 258 g/mol. The standard InChI is InChI=1S/C14H29N3O3/c1-6-16(10-7-9-15(4)5)14(20)17(12(2)3)11-8-13(18)19/h12H,6-11H2,1-5H3,(H,18,19). The highest BCUT2D eigenvalue weighted by Crippen LogP contribution is 2.07. The quantitative estimate of drug-likeness (QED) is 0.699. The van der Waals surface area contributed by atoms with Gasteiger partial charge in [-0.3, -0.25) is 4.79 Å². The van der Waals surface area contributed by atoms with Crippen molar-refractivity contribution >= 4 is 12.0 Å². The van der Waals surface area contributed by atoms with Gasteiger partial charge in [-0.05, 0) is 47.8 Å². The molecule has 0 atom stereocenters. The van der Waals surface area contributed by atoms with Crippen molar-refractivity contribution < 1.29 is 14.7 Å². The highest BCUT2D eigenvalue weighted by atomic mass is 16.4. The summed E-state index contributed by atoms with van der Waals surface area (Å²) in [6.07, 6.45) is 0.899. The maximum absolute atomic E-state index is 12.4. The second-order valence-corrected chi connectivity index (χ2v) is 5.45. The molecule has 0 fully saturated rings. The summed E-state index contributed by atoms with van der Waals surface area (Å²) in [6.45, 7) is 8.30. The van der Waals surface area contributed by atoms with E-state index >= 15 is 0 Å². The van der Waals surface area contributed by atoms with Gasteiger partial charge in [0.2, 0.25) is 0 Å². The number of hydrogen-bond donors (Lipinski definition) is 1. The molecule has 0 aliphatic rings. The van der Waals surface area contributed by atoms with Crippen molar-refractivity contribution in [3.05, 3.63) is 0 Å². The predicted octanol–water partition coefficient (Wildman–Crippen LogP) is 1.57. The summed E-state index contributed by atoms with van der Waals surface area (Å²) in [5, 5.41) is 8.77. The summed E-state index contributed by atoms with van der Waals surface area (Å²) in [7, 11) is 4.01. The Morgan fingerprint density at radius 2 is 1.70 bits per heavy atom. The molecule has 0 saturated carbocycles. The van der Waals surface area contributed by atoms with E-state index in [4.69, 9.17) is 5.11 Å². The molecule has 0 heterocycles. The Hall–Kier alpha value is -1.30. The van der Waals surface area contributed by atoms with Crippen LogP contribution in [0, 0.1) is 0 Å². The Labute approximate surface area is 122 Å². The van der Waals surface area contributed by atoms with Crippen LogP contribution in [0.1, 0.15) is 33.6 Å². The lowest BCUT2D eigenvalue weighted by molar-refractivity contribution is -0.137. The fourth-order valence-corrected chi connectivity index (χ4v) is 1.94. The molecule has 6 heteroatoms. The SMILES string of the molecule is CCN(CCCN(C)C)C(=O)N(CCC(=O)O)C(C)C. The molecule has 6 nitrogen and oxygen atoms in total. The second-order valence-electron chi connectivity index (χ2n) is 5.45. The molecule has 0 aromatic carbocycles. The number of urea groups is 1. The van der Waals surface area contributed by atoms with Crippen molar-refractivity contribution in [1.29, 1.82) is 0 Å². The first-order valence-electron chi connectivity index (χ1n) is 7.21. The van der Waals surface area contributed by atoms with E-state index in [2.05, 4.69) is 4.90 Å². The van der Waals surface area contributed by atoms with E-state index in [1.54, 1.807) is 9.80 Å². The summed E-state index contributed by atoms with van der Waals surface area (Å²) in [6, 6.07) is -0.0627. The summed E-state index contributed by atoms with van der Waals surface area (Å²) < 4.78 is 0. The Balaban J connectivity index is 4.53. The molecule has 1 N–H and O–H groups in total. The minimum Gasteiger partial charge on any atom is -0.481 e. The first-order valence-corrected chi connectivity index (χ1v) is 7.21. The molecule has 118 valence electrons. The third-order valence-corrected chi connectivity index (χ3v) is 3.12.